The highest BCUT2D eigenvalue weighted by Gasteiger charge is 1.95. The summed E-state index contributed by atoms with van der Waals surface area (Å²) in [6, 6.07) is 0. The zero-order chi connectivity index (χ0) is 7.44. The molecule has 0 unspecified atom stereocenters. The Morgan fingerprint density at radius 2 is 1.44 bits per heavy atom. The average molecular weight is 159 g/mol. The quantitative estimate of drug-likeness (QED) is 0.375. The van der Waals surface area contributed by atoms with Crippen molar-refractivity contribution in [3.8, 4) is 5.25 Å². The van der Waals surface area contributed by atoms with Crippen LogP contribution >= 0.6 is 7.68 Å². The van der Waals surface area contributed by atoms with Crippen LogP contribution in [-0.2, 0) is 0 Å². The van der Waals surface area contributed by atoms with Crippen LogP contribution in [-0.4, -0.2) is 47.8 Å². The Morgan fingerprint density at radius 3 is 1.44 bits per heavy atom. The fourth-order valence-electron chi connectivity index (χ4n) is 0.558. The Kier molecular flexibility index (Phi) is 4.20. The summed E-state index contributed by atoms with van der Waals surface area (Å²) < 4.78 is 4.25. The van der Waals surface area contributed by atoms with Crippen LogP contribution in [0.4, 0.5) is 0 Å². The van der Waals surface area contributed by atoms with Crippen molar-refractivity contribution < 1.29 is 0 Å². The van der Waals surface area contributed by atoms with E-state index in [9.17, 15) is 0 Å². The van der Waals surface area contributed by atoms with E-state index in [2.05, 4.69) is 24.8 Å². The number of rotatable bonds is 0. The van der Waals surface area contributed by atoms with Crippen molar-refractivity contribution in [1.29, 1.82) is 0 Å². The molecular formula is C5H12N2PSi. The average Bonchev–Trinajstić information content (AvgIpc) is 1.64. The lowest BCUT2D eigenvalue weighted by molar-refractivity contribution is 0.593. The molecule has 4 heteroatoms. The van der Waals surface area contributed by atoms with Crippen molar-refractivity contribution in [2.24, 2.45) is 0 Å². The molecule has 0 amide bonds. The van der Waals surface area contributed by atoms with Gasteiger partial charge >= 0.3 is 0 Å². The van der Waals surface area contributed by atoms with Crippen molar-refractivity contribution in [3.05, 3.63) is 0 Å². The number of hydrogen-bond donors (Lipinski definition) is 0. The van der Waals surface area contributed by atoms with Gasteiger partial charge in [0.05, 0.1) is 0 Å². The second kappa shape index (κ2) is 4.10. The highest BCUT2D eigenvalue weighted by Crippen LogP contribution is 2.22. The van der Waals surface area contributed by atoms with E-state index in [-0.39, 0.29) is 7.68 Å². The molecule has 0 aliphatic rings. The monoisotopic (exact) mass is 159 g/mol. The SMILES string of the molecule is CN(C)P(#C[Si])N(C)C. The molecule has 0 aliphatic carbocycles. The molecular weight excluding hydrogens is 147 g/mol. The zero-order valence-corrected chi connectivity index (χ0v) is 8.24. The maximum atomic E-state index is 3.26. The van der Waals surface area contributed by atoms with Crippen LogP contribution in [0.2, 0.25) is 0 Å². The number of hydrogen-bond acceptors (Lipinski definition) is 2. The fourth-order valence-corrected chi connectivity index (χ4v) is 2.87. The predicted molar refractivity (Wildman–Crippen MR) is 43.9 cm³/mol. The first-order valence-corrected chi connectivity index (χ1v) is 4.41. The summed E-state index contributed by atoms with van der Waals surface area (Å²) in [6.07, 6.45) is 0. The van der Waals surface area contributed by atoms with E-state index in [0.717, 1.165) is 0 Å². The molecule has 0 aromatic carbocycles. The van der Waals surface area contributed by atoms with Gasteiger partial charge in [-0.2, -0.15) is 0 Å². The normalized spacial score (nSPS) is 10.1. The first kappa shape index (κ1) is 9.22. The van der Waals surface area contributed by atoms with Gasteiger partial charge in [0, 0.05) is 7.68 Å². The van der Waals surface area contributed by atoms with Crippen LogP contribution < -0.4 is 0 Å². The second-order valence-electron chi connectivity index (χ2n) is 2.10. The predicted octanol–water partition coefficient (Wildman–Crippen LogP) is 0.507. The molecule has 2 nitrogen and oxygen atoms in total. The third-order valence-electron chi connectivity index (χ3n) is 0.858. The molecule has 0 rings (SSSR count). The molecule has 0 heterocycles. The highest BCUT2D eigenvalue weighted by atomic mass is 31.1. The van der Waals surface area contributed by atoms with Crippen molar-refractivity contribution in [2.75, 3.05) is 28.2 Å². The van der Waals surface area contributed by atoms with Gasteiger partial charge in [-0.3, -0.25) is 9.34 Å². The molecule has 3 radical (unpaired) electrons. The summed E-state index contributed by atoms with van der Waals surface area (Å²) >= 11 is 0. The fraction of sp³-hybridized carbons (Fsp3) is 0.800. The highest BCUT2D eigenvalue weighted by molar-refractivity contribution is 7.42. The summed E-state index contributed by atoms with van der Waals surface area (Å²) in [4.78, 5) is 0. The van der Waals surface area contributed by atoms with Crippen LogP contribution in [0.1, 0.15) is 0 Å². The van der Waals surface area contributed by atoms with Gasteiger partial charge in [-0.25, -0.2) is 0 Å². The Labute approximate surface area is 61.4 Å². The summed E-state index contributed by atoms with van der Waals surface area (Å²) in [7, 11) is 11.1. The lowest BCUT2D eigenvalue weighted by Crippen LogP contribution is -2.10. The molecule has 0 saturated carbocycles. The molecule has 0 aromatic rings. The van der Waals surface area contributed by atoms with Crippen LogP contribution in [0.3, 0.4) is 0 Å². The summed E-state index contributed by atoms with van der Waals surface area (Å²) in [6.45, 7) is 0. The Balaban J connectivity index is 4.15. The number of nitrogens with zero attached hydrogens (tertiary/aromatic N) is 2. The largest absolute Gasteiger partial charge is 0.253 e. The lowest BCUT2D eigenvalue weighted by atomic mass is 11.3. The smallest absolute Gasteiger partial charge is 0.144 e. The van der Waals surface area contributed by atoms with E-state index in [1.54, 1.807) is 0 Å². The van der Waals surface area contributed by atoms with E-state index >= 15 is 0 Å². The third kappa shape index (κ3) is 3.04. The Bertz CT molecular complexity index is 141. The van der Waals surface area contributed by atoms with Gasteiger partial charge in [0.2, 0.25) is 0 Å². The summed E-state index contributed by atoms with van der Waals surface area (Å²) in [5, 5.41) is 3.02. The lowest BCUT2D eigenvalue weighted by Gasteiger charge is -2.17. The molecule has 0 N–H and O–H groups in total. The standard InChI is InChI=1S/C5H12N2PSi/c1-6(2)8(5-9)7(3)4/h1-4H3. The van der Waals surface area contributed by atoms with E-state index in [0.29, 0.717) is 0 Å². The maximum absolute atomic E-state index is 3.26. The van der Waals surface area contributed by atoms with E-state index < -0.39 is 0 Å². The molecule has 0 fully saturated rings. The van der Waals surface area contributed by atoms with Gasteiger partial charge in [-0.05, 0) is 28.2 Å². The second-order valence-corrected chi connectivity index (χ2v) is 5.17. The third-order valence-corrected chi connectivity index (χ3v) is 3.17. The molecule has 0 bridgehead atoms. The van der Waals surface area contributed by atoms with Gasteiger partial charge in [0.25, 0.3) is 0 Å². The minimum absolute atomic E-state index is 0.346. The molecule has 0 aliphatic heterocycles. The van der Waals surface area contributed by atoms with Crippen LogP contribution in [0.25, 0.3) is 0 Å². The van der Waals surface area contributed by atoms with Crippen LogP contribution in [0.5, 0.6) is 0 Å². The van der Waals surface area contributed by atoms with Crippen molar-refractivity contribution in [3.63, 3.8) is 0 Å². The zero-order valence-electron chi connectivity index (χ0n) is 6.34. The van der Waals surface area contributed by atoms with E-state index in [1.165, 1.54) is 0 Å². The topological polar surface area (TPSA) is 6.48 Å². The first-order valence-electron chi connectivity index (χ1n) is 2.66. The molecule has 0 aromatic heterocycles. The van der Waals surface area contributed by atoms with Gasteiger partial charge < -0.3 is 0 Å². The molecule has 0 saturated heterocycles. The molecule has 0 atom stereocenters. The van der Waals surface area contributed by atoms with E-state index in [4.69, 9.17) is 0 Å². The Hall–Kier alpha value is 0.217. The van der Waals surface area contributed by atoms with Crippen molar-refractivity contribution >= 4 is 17.9 Å². The molecule has 0 spiro atoms. The van der Waals surface area contributed by atoms with Gasteiger partial charge in [0.15, 0.2) is 0 Å². The summed E-state index contributed by atoms with van der Waals surface area (Å²) in [5.74, 6) is 0. The minimum Gasteiger partial charge on any atom is -0.253 e. The van der Waals surface area contributed by atoms with Crippen molar-refractivity contribution in [1.82, 2.24) is 9.34 Å². The van der Waals surface area contributed by atoms with Crippen LogP contribution in [0, 0.1) is 5.25 Å². The van der Waals surface area contributed by atoms with E-state index in [1.807, 2.05) is 28.2 Å². The minimum atomic E-state index is -0.346. The van der Waals surface area contributed by atoms with Crippen LogP contribution in [0.15, 0.2) is 0 Å². The van der Waals surface area contributed by atoms with Gasteiger partial charge in [0.1, 0.15) is 10.2 Å². The van der Waals surface area contributed by atoms with Gasteiger partial charge in [-0.15, -0.1) is 5.25 Å². The summed E-state index contributed by atoms with van der Waals surface area (Å²) in [5.41, 5.74) is 0. The van der Waals surface area contributed by atoms with Gasteiger partial charge in [-0.1, -0.05) is 0 Å². The first-order chi connectivity index (χ1) is 4.09. The molecule has 51 valence electrons. The molecule has 9 heavy (non-hydrogen) atoms. The van der Waals surface area contributed by atoms with Crippen molar-refractivity contribution in [2.45, 2.75) is 0 Å². The maximum Gasteiger partial charge on any atom is 0.144 e. The Morgan fingerprint density at radius 1 is 1.11 bits per heavy atom.